The van der Waals surface area contributed by atoms with E-state index in [9.17, 15) is 0 Å². The monoisotopic (exact) mass is 246 g/mol. The van der Waals surface area contributed by atoms with Crippen molar-refractivity contribution in [2.75, 3.05) is 13.2 Å². The SMILES string of the molecule is CC=C=C(CCCO)CCCOc1ccccc1. The minimum absolute atomic E-state index is 0.245. The second-order valence-electron chi connectivity index (χ2n) is 4.13. The van der Waals surface area contributed by atoms with Gasteiger partial charge in [-0.25, -0.2) is 0 Å². The summed E-state index contributed by atoms with van der Waals surface area (Å²) in [5.74, 6) is 0.921. The number of aliphatic hydroxyl groups excluding tert-OH is 1. The zero-order chi connectivity index (χ0) is 13.1. The van der Waals surface area contributed by atoms with Crippen LogP contribution in [0.15, 0.2) is 47.7 Å². The van der Waals surface area contributed by atoms with Crippen LogP contribution in [-0.2, 0) is 0 Å². The summed E-state index contributed by atoms with van der Waals surface area (Å²) < 4.78 is 5.64. The van der Waals surface area contributed by atoms with E-state index in [2.05, 4.69) is 5.73 Å². The highest BCUT2D eigenvalue weighted by Crippen LogP contribution is 2.13. The van der Waals surface area contributed by atoms with Crippen LogP contribution in [0, 0.1) is 0 Å². The van der Waals surface area contributed by atoms with E-state index < -0.39 is 0 Å². The molecular formula is C16H22O2. The van der Waals surface area contributed by atoms with E-state index in [0.717, 1.165) is 38.0 Å². The number of rotatable bonds is 8. The maximum absolute atomic E-state index is 8.83. The molecule has 0 heterocycles. The molecule has 2 heteroatoms. The maximum atomic E-state index is 8.83. The zero-order valence-electron chi connectivity index (χ0n) is 11.1. The molecule has 0 radical (unpaired) electrons. The highest BCUT2D eigenvalue weighted by molar-refractivity contribution is 5.20. The predicted molar refractivity (Wildman–Crippen MR) is 74.8 cm³/mol. The lowest BCUT2D eigenvalue weighted by molar-refractivity contribution is 0.286. The van der Waals surface area contributed by atoms with E-state index in [1.807, 2.05) is 43.3 Å². The summed E-state index contributed by atoms with van der Waals surface area (Å²) in [5, 5.41) is 8.83. The van der Waals surface area contributed by atoms with Gasteiger partial charge in [-0.15, -0.1) is 5.73 Å². The van der Waals surface area contributed by atoms with Crippen molar-refractivity contribution in [3.8, 4) is 5.75 Å². The molecule has 0 bridgehead atoms. The number of allylic oxidation sites excluding steroid dienone is 1. The molecule has 0 aliphatic rings. The molecule has 0 saturated carbocycles. The summed E-state index contributed by atoms with van der Waals surface area (Å²) in [6.07, 6.45) is 5.64. The van der Waals surface area contributed by atoms with Gasteiger partial charge in [0.2, 0.25) is 0 Å². The third-order valence-corrected chi connectivity index (χ3v) is 2.62. The Morgan fingerprint density at radius 2 is 1.94 bits per heavy atom. The first kappa shape index (κ1) is 14.6. The van der Waals surface area contributed by atoms with Gasteiger partial charge in [0.15, 0.2) is 0 Å². The highest BCUT2D eigenvalue weighted by Gasteiger charge is 1.98. The number of aliphatic hydroxyl groups is 1. The van der Waals surface area contributed by atoms with Gasteiger partial charge < -0.3 is 9.84 Å². The first-order valence-electron chi connectivity index (χ1n) is 6.54. The molecule has 1 rings (SSSR count). The Hall–Kier alpha value is -1.50. The fraction of sp³-hybridized carbons (Fsp3) is 0.438. The second-order valence-corrected chi connectivity index (χ2v) is 4.13. The van der Waals surface area contributed by atoms with Crippen LogP contribution in [0.25, 0.3) is 0 Å². The average Bonchev–Trinajstić information content (AvgIpc) is 2.42. The number of para-hydroxylation sites is 1. The van der Waals surface area contributed by atoms with Gasteiger partial charge in [-0.05, 0) is 56.4 Å². The van der Waals surface area contributed by atoms with Crippen LogP contribution >= 0.6 is 0 Å². The third-order valence-electron chi connectivity index (χ3n) is 2.62. The predicted octanol–water partition coefficient (Wildman–Crippen LogP) is 3.72. The summed E-state index contributed by atoms with van der Waals surface area (Å²) in [5.41, 5.74) is 4.51. The van der Waals surface area contributed by atoms with Crippen molar-refractivity contribution in [2.45, 2.75) is 32.6 Å². The van der Waals surface area contributed by atoms with Crippen molar-refractivity contribution >= 4 is 0 Å². The van der Waals surface area contributed by atoms with Crippen LogP contribution in [-0.4, -0.2) is 18.3 Å². The molecule has 18 heavy (non-hydrogen) atoms. The van der Waals surface area contributed by atoms with Gasteiger partial charge in [-0.3, -0.25) is 0 Å². The standard InChI is InChI=1S/C16H22O2/c1-2-8-15(9-6-13-17)10-7-14-18-16-11-4-3-5-12-16/h2-5,11-12,17H,6-7,9-10,13-14H2,1H3. The second kappa shape index (κ2) is 9.52. The van der Waals surface area contributed by atoms with E-state index in [4.69, 9.17) is 9.84 Å². The number of benzene rings is 1. The van der Waals surface area contributed by atoms with Gasteiger partial charge in [0.25, 0.3) is 0 Å². The molecule has 98 valence electrons. The Labute approximate surface area is 110 Å². The lowest BCUT2D eigenvalue weighted by Crippen LogP contribution is -1.98. The molecule has 0 atom stereocenters. The van der Waals surface area contributed by atoms with Crippen LogP contribution in [0.5, 0.6) is 5.75 Å². The van der Waals surface area contributed by atoms with Gasteiger partial charge in [0, 0.05) is 6.61 Å². The largest absolute Gasteiger partial charge is 0.494 e. The van der Waals surface area contributed by atoms with Gasteiger partial charge in [-0.1, -0.05) is 18.2 Å². The van der Waals surface area contributed by atoms with Gasteiger partial charge in [-0.2, -0.15) is 0 Å². The lowest BCUT2D eigenvalue weighted by atomic mass is 10.1. The van der Waals surface area contributed by atoms with Crippen LogP contribution < -0.4 is 4.74 Å². The van der Waals surface area contributed by atoms with Gasteiger partial charge in [0.1, 0.15) is 5.75 Å². The van der Waals surface area contributed by atoms with Crippen molar-refractivity contribution in [3.63, 3.8) is 0 Å². The molecule has 0 spiro atoms. The van der Waals surface area contributed by atoms with Crippen molar-refractivity contribution in [2.24, 2.45) is 0 Å². The molecule has 0 unspecified atom stereocenters. The van der Waals surface area contributed by atoms with E-state index in [1.54, 1.807) is 0 Å². The summed E-state index contributed by atoms with van der Waals surface area (Å²) in [6.45, 7) is 2.94. The smallest absolute Gasteiger partial charge is 0.119 e. The van der Waals surface area contributed by atoms with Crippen molar-refractivity contribution < 1.29 is 9.84 Å². The number of ether oxygens (including phenoxy) is 1. The maximum Gasteiger partial charge on any atom is 0.119 e. The fourth-order valence-corrected chi connectivity index (χ4v) is 1.76. The minimum Gasteiger partial charge on any atom is -0.494 e. The summed E-state index contributed by atoms with van der Waals surface area (Å²) in [7, 11) is 0. The van der Waals surface area contributed by atoms with Gasteiger partial charge >= 0.3 is 0 Å². The van der Waals surface area contributed by atoms with Crippen LogP contribution in [0.3, 0.4) is 0 Å². The Bertz CT molecular complexity index is 375. The van der Waals surface area contributed by atoms with E-state index in [0.29, 0.717) is 0 Å². The quantitative estimate of drug-likeness (QED) is 0.559. The fourth-order valence-electron chi connectivity index (χ4n) is 1.76. The summed E-state index contributed by atoms with van der Waals surface area (Å²) in [4.78, 5) is 0. The highest BCUT2D eigenvalue weighted by atomic mass is 16.5. The Morgan fingerprint density at radius 3 is 2.61 bits per heavy atom. The Morgan fingerprint density at radius 1 is 1.22 bits per heavy atom. The molecule has 0 amide bonds. The molecule has 0 fully saturated rings. The minimum atomic E-state index is 0.245. The third kappa shape index (κ3) is 6.29. The van der Waals surface area contributed by atoms with Crippen LogP contribution in [0.2, 0.25) is 0 Å². The van der Waals surface area contributed by atoms with Crippen molar-refractivity contribution in [1.29, 1.82) is 0 Å². The summed E-state index contributed by atoms with van der Waals surface area (Å²) >= 11 is 0. The average molecular weight is 246 g/mol. The van der Waals surface area contributed by atoms with Crippen LogP contribution in [0.1, 0.15) is 32.6 Å². The number of hydrogen-bond donors (Lipinski definition) is 1. The molecule has 1 N–H and O–H groups in total. The molecule has 2 nitrogen and oxygen atoms in total. The molecule has 0 aliphatic carbocycles. The number of hydrogen-bond acceptors (Lipinski definition) is 2. The Kier molecular flexibility index (Phi) is 7.70. The molecule has 0 aliphatic heterocycles. The first-order valence-corrected chi connectivity index (χ1v) is 6.54. The Balaban J connectivity index is 2.25. The normalized spacial score (nSPS) is 9.67. The van der Waals surface area contributed by atoms with E-state index in [1.165, 1.54) is 5.57 Å². The van der Waals surface area contributed by atoms with Gasteiger partial charge in [0.05, 0.1) is 6.61 Å². The van der Waals surface area contributed by atoms with E-state index >= 15 is 0 Å². The van der Waals surface area contributed by atoms with E-state index in [-0.39, 0.29) is 6.61 Å². The first-order chi connectivity index (χ1) is 8.86. The zero-order valence-corrected chi connectivity index (χ0v) is 11.1. The molecule has 0 saturated heterocycles. The molecular weight excluding hydrogens is 224 g/mol. The topological polar surface area (TPSA) is 29.5 Å². The molecule has 0 aromatic heterocycles. The molecule has 1 aromatic carbocycles. The molecule has 1 aromatic rings. The lowest BCUT2D eigenvalue weighted by Gasteiger charge is -2.07. The van der Waals surface area contributed by atoms with Crippen molar-refractivity contribution in [1.82, 2.24) is 0 Å². The van der Waals surface area contributed by atoms with Crippen molar-refractivity contribution in [3.05, 3.63) is 47.7 Å². The summed E-state index contributed by atoms with van der Waals surface area (Å²) in [6, 6.07) is 9.86. The van der Waals surface area contributed by atoms with Crippen LogP contribution in [0.4, 0.5) is 0 Å².